The highest BCUT2D eigenvalue weighted by atomic mass is 19.1. The number of halogens is 1. The predicted molar refractivity (Wildman–Crippen MR) is 135 cm³/mol. The summed E-state index contributed by atoms with van der Waals surface area (Å²) in [6, 6.07) is 9.50. The van der Waals surface area contributed by atoms with Gasteiger partial charge in [-0.3, -0.25) is 4.39 Å². The first-order valence-corrected chi connectivity index (χ1v) is 12.8. The molecule has 0 bridgehead atoms. The molecule has 2 N–H and O–H groups in total. The topological polar surface area (TPSA) is 76.0 Å². The molecule has 0 saturated carbocycles. The smallest absolute Gasteiger partial charge is 0.339 e. The minimum absolute atomic E-state index is 0.0213. The van der Waals surface area contributed by atoms with Crippen molar-refractivity contribution in [1.82, 2.24) is 0 Å². The highest BCUT2D eigenvalue weighted by molar-refractivity contribution is 6.17. The second-order valence-electron chi connectivity index (χ2n) is 9.99. The molecule has 0 spiro atoms. The molecule has 0 aromatic heterocycles. The van der Waals surface area contributed by atoms with E-state index < -0.39 is 12.2 Å². The number of hydrogen-bond donors (Lipinski definition) is 2. The summed E-state index contributed by atoms with van der Waals surface area (Å²) in [5.74, 6) is 0.315. The van der Waals surface area contributed by atoms with Crippen molar-refractivity contribution in [3.63, 3.8) is 0 Å². The Morgan fingerprint density at radius 1 is 1.09 bits per heavy atom. The number of allylic oxidation sites excluding steroid dienone is 1. The van der Waals surface area contributed by atoms with E-state index in [2.05, 4.69) is 0 Å². The summed E-state index contributed by atoms with van der Waals surface area (Å²) in [4.78, 5) is 12.5. The van der Waals surface area contributed by atoms with Gasteiger partial charge in [-0.1, -0.05) is 62.8 Å². The van der Waals surface area contributed by atoms with Crippen LogP contribution in [0.15, 0.2) is 60.4 Å². The summed E-state index contributed by atoms with van der Waals surface area (Å²) >= 11 is 0. The number of alkyl halides is 1. The third kappa shape index (κ3) is 7.77. The Kier molecular flexibility index (Phi) is 10.1. The van der Waals surface area contributed by atoms with E-state index in [1.54, 1.807) is 0 Å². The maximum absolute atomic E-state index is 13.1. The number of unbranched alkanes of at least 4 members (excludes halogenated alkanes) is 1. The van der Waals surface area contributed by atoms with Crippen LogP contribution in [0.1, 0.15) is 64.4 Å². The van der Waals surface area contributed by atoms with E-state index in [9.17, 15) is 19.4 Å². The van der Waals surface area contributed by atoms with Crippen molar-refractivity contribution in [2.75, 3.05) is 13.3 Å². The average Bonchev–Trinajstić information content (AvgIpc) is 2.88. The van der Waals surface area contributed by atoms with E-state index in [0.717, 1.165) is 24.8 Å². The number of benzene rings is 1. The molecule has 5 nitrogen and oxygen atoms in total. The summed E-state index contributed by atoms with van der Waals surface area (Å²) in [5.41, 5.74) is 1.10. The van der Waals surface area contributed by atoms with E-state index in [4.69, 9.17) is 9.47 Å². The van der Waals surface area contributed by atoms with Crippen molar-refractivity contribution in [2.24, 2.45) is 11.3 Å². The van der Waals surface area contributed by atoms with Crippen LogP contribution < -0.4 is 0 Å². The van der Waals surface area contributed by atoms with Gasteiger partial charge in [0.25, 0.3) is 0 Å². The van der Waals surface area contributed by atoms with Crippen LogP contribution in [0.3, 0.4) is 0 Å². The first-order chi connectivity index (χ1) is 16.8. The van der Waals surface area contributed by atoms with Crippen LogP contribution in [0.25, 0.3) is 5.57 Å². The summed E-state index contributed by atoms with van der Waals surface area (Å²) in [6.45, 7) is 4.01. The van der Waals surface area contributed by atoms with Gasteiger partial charge < -0.3 is 19.7 Å². The molecule has 1 aliphatic carbocycles. The van der Waals surface area contributed by atoms with Crippen LogP contribution in [-0.4, -0.2) is 47.8 Å². The largest absolute Gasteiger partial charge is 0.494 e. The van der Waals surface area contributed by atoms with Crippen LogP contribution in [0.5, 0.6) is 0 Å². The van der Waals surface area contributed by atoms with Crippen molar-refractivity contribution in [1.29, 1.82) is 0 Å². The number of carbonyl (C=O) groups is 1. The Morgan fingerprint density at radius 3 is 2.49 bits per heavy atom. The molecule has 0 amide bonds. The number of aliphatic hydroxyl groups is 2. The fraction of sp³-hybridized carbons (Fsp3) is 0.552. The van der Waals surface area contributed by atoms with Gasteiger partial charge in [0, 0.05) is 5.92 Å². The summed E-state index contributed by atoms with van der Waals surface area (Å²) in [5, 5.41) is 20.4. The Morgan fingerprint density at radius 2 is 1.80 bits per heavy atom. The fourth-order valence-electron chi connectivity index (χ4n) is 4.39. The lowest BCUT2D eigenvalue weighted by Crippen LogP contribution is -2.30. The molecule has 0 saturated heterocycles. The normalized spacial score (nSPS) is 22.8. The number of ether oxygens (including phenoxy) is 2. The summed E-state index contributed by atoms with van der Waals surface area (Å²) in [7, 11) is 0. The Bertz CT molecular complexity index is 903. The van der Waals surface area contributed by atoms with Gasteiger partial charge in [-0.25, -0.2) is 4.79 Å². The van der Waals surface area contributed by atoms with Crippen LogP contribution in [0.2, 0.25) is 0 Å². The Hall–Kier alpha value is -2.44. The lowest BCUT2D eigenvalue weighted by Gasteiger charge is -2.29. The quantitative estimate of drug-likeness (QED) is 0.267. The number of carbonyl (C=O) groups excluding carboxylic acids is 1. The van der Waals surface area contributed by atoms with E-state index in [0.29, 0.717) is 43.6 Å². The molecular weight excluding hydrogens is 447 g/mol. The predicted octanol–water partition coefficient (Wildman–Crippen LogP) is 5.53. The third-order valence-corrected chi connectivity index (χ3v) is 7.16. The molecule has 2 aliphatic rings. The monoisotopic (exact) mass is 486 g/mol. The van der Waals surface area contributed by atoms with Crippen LogP contribution in [0, 0.1) is 11.3 Å². The second kappa shape index (κ2) is 13.0. The summed E-state index contributed by atoms with van der Waals surface area (Å²) in [6.07, 6.45) is 10.3. The zero-order valence-corrected chi connectivity index (χ0v) is 20.9. The highest BCUT2D eigenvalue weighted by Crippen LogP contribution is 2.32. The highest BCUT2D eigenvalue weighted by Gasteiger charge is 2.31. The van der Waals surface area contributed by atoms with Gasteiger partial charge in [-0.05, 0) is 61.7 Å². The minimum Gasteiger partial charge on any atom is -0.494 e. The van der Waals surface area contributed by atoms with Gasteiger partial charge in [-0.15, -0.1) is 0 Å². The molecule has 1 aromatic carbocycles. The maximum atomic E-state index is 13.1. The lowest BCUT2D eigenvalue weighted by atomic mass is 9.83. The molecule has 5 atom stereocenters. The third-order valence-electron chi connectivity index (χ3n) is 7.16. The van der Waals surface area contributed by atoms with E-state index in [1.807, 2.05) is 68.5 Å². The van der Waals surface area contributed by atoms with Gasteiger partial charge in [0.2, 0.25) is 0 Å². The molecule has 0 radical (unpaired) electrons. The molecular formula is C29H39FO5. The number of fused-ring (bicyclic) bond motifs is 1. The average molecular weight is 487 g/mol. The molecule has 1 heterocycles. The van der Waals surface area contributed by atoms with Crippen LogP contribution in [-0.2, 0) is 14.3 Å². The number of aliphatic hydroxyl groups excluding tert-OH is 2. The van der Waals surface area contributed by atoms with Crippen molar-refractivity contribution in [2.45, 2.75) is 77.1 Å². The zero-order chi connectivity index (χ0) is 25.3. The molecule has 3 rings (SSSR count). The second-order valence-corrected chi connectivity index (χ2v) is 9.99. The first-order valence-electron chi connectivity index (χ1n) is 12.8. The lowest BCUT2D eigenvalue weighted by molar-refractivity contribution is -0.141. The standard InChI is InChI=1S/C29H39FO5/c1-3-29(2,20-30)16-9-13-26(32)25(31)12-7-8-17-34-23-15-14-22-18-24(21-10-5-4-6-11-21)28(33)35-27(22)19-23/h4-6,10-11,14-15,18-19,22,25-27,31-32H,3,7-9,12-13,16-17,20H2,1-2H3. The number of rotatable bonds is 14. The van der Waals surface area contributed by atoms with Gasteiger partial charge in [0.1, 0.15) is 11.9 Å². The molecule has 35 heavy (non-hydrogen) atoms. The van der Waals surface area contributed by atoms with Gasteiger partial charge in [0.15, 0.2) is 0 Å². The summed E-state index contributed by atoms with van der Waals surface area (Å²) < 4.78 is 24.6. The minimum atomic E-state index is -0.785. The molecule has 6 heteroatoms. The molecule has 5 unspecified atom stereocenters. The van der Waals surface area contributed by atoms with Crippen molar-refractivity contribution < 1.29 is 28.9 Å². The van der Waals surface area contributed by atoms with E-state index in [-0.39, 0.29) is 30.1 Å². The Balaban J connectivity index is 1.36. The van der Waals surface area contributed by atoms with Gasteiger partial charge in [0.05, 0.1) is 31.1 Å². The van der Waals surface area contributed by atoms with Crippen LogP contribution in [0.4, 0.5) is 4.39 Å². The SMILES string of the molecule is CCC(C)(CF)CCCC(O)C(O)CCCCOC1=CC2OC(=O)C(c3ccccc3)=CC2C=C1. The van der Waals surface area contributed by atoms with Gasteiger partial charge in [-0.2, -0.15) is 0 Å². The van der Waals surface area contributed by atoms with Crippen LogP contribution >= 0.6 is 0 Å². The molecule has 1 aliphatic heterocycles. The Labute approximate surface area is 208 Å². The fourth-order valence-corrected chi connectivity index (χ4v) is 4.39. The molecule has 1 aromatic rings. The number of hydrogen-bond acceptors (Lipinski definition) is 5. The van der Waals surface area contributed by atoms with Gasteiger partial charge >= 0.3 is 5.97 Å². The molecule has 0 fully saturated rings. The number of esters is 1. The van der Waals surface area contributed by atoms with E-state index in [1.165, 1.54) is 0 Å². The first kappa shape index (κ1) is 27.2. The van der Waals surface area contributed by atoms with Crippen molar-refractivity contribution >= 4 is 11.5 Å². The maximum Gasteiger partial charge on any atom is 0.339 e. The van der Waals surface area contributed by atoms with Crippen molar-refractivity contribution in [3.05, 3.63) is 66.0 Å². The van der Waals surface area contributed by atoms with E-state index >= 15 is 0 Å². The molecule has 192 valence electrons. The van der Waals surface area contributed by atoms with Crippen molar-refractivity contribution in [3.8, 4) is 0 Å². The zero-order valence-electron chi connectivity index (χ0n) is 20.9.